The maximum Gasteiger partial charge on any atom is 0.0791 e. The van der Waals surface area contributed by atoms with Crippen molar-refractivity contribution in [3.8, 4) is 33.6 Å². The van der Waals surface area contributed by atoms with Crippen LogP contribution in [0.15, 0.2) is 84.9 Å². The van der Waals surface area contributed by atoms with E-state index < -0.39 is 0 Å². The van der Waals surface area contributed by atoms with Crippen LogP contribution in [0.25, 0.3) is 44.4 Å². The lowest BCUT2D eigenvalue weighted by molar-refractivity contribution is 0.376. The molecule has 1 heteroatoms. The molecule has 0 N–H and O–H groups in total. The van der Waals surface area contributed by atoms with E-state index in [1.807, 2.05) is 0 Å². The van der Waals surface area contributed by atoms with Gasteiger partial charge >= 0.3 is 0 Å². The minimum atomic E-state index is 0.438. The summed E-state index contributed by atoms with van der Waals surface area (Å²) in [5.74, 6) is 0.645. The Bertz CT molecular complexity index is 1700. The maximum atomic E-state index is 5.40. The lowest BCUT2D eigenvalue weighted by Gasteiger charge is -2.19. The van der Waals surface area contributed by atoms with E-state index >= 15 is 0 Å². The number of aryl methyl sites for hydroxylation is 2. The minimum Gasteiger partial charge on any atom is -0.247 e. The fraction of sp³-hybridized carbons (Fsp3) is 0.270. The topological polar surface area (TPSA) is 12.9 Å². The predicted octanol–water partition coefficient (Wildman–Crippen LogP) is 10.1. The molecule has 0 bridgehead atoms. The quantitative estimate of drug-likeness (QED) is 0.239. The van der Waals surface area contributed by atoms with Crippen LogP contribution < -0.4 is 0 Å². The number of benzene rings is 4. The van der Waals surface area contributed by atoms with Crippen molar-refractivity contribution in [2.45, 2.75) is 59.3 Å². The van der Waals surface area contributed by atoms with E-state index in [0.717, 1.165) is 17.8 Å². The van der Waals surface area contributed by atoms with E-state index in [1.165, 1.54) is 80.1 Å². The zero-order valence-corrected chi connectivity index (χ0v) is 22.9. The summed E-state index contributed by atoms with van der Waals surface area (Å²) in [6, 6.07) is 31.9. The van der Waals surface area contributed by atoms with Crippen molar-refractivity contribution < 1.29 is 0 Å². The summed E-state index contributed by atoms with van der Waals surface area (Å²) in [5, 5.41) is 2.56. The monoisotopic (exact) mass is 493 g/mol. The van der Waals surface area contributed by atoms with Crippen LogP contribution in [-0.4, -0.2) is 4.98 Å². The molecule has 1 fully saturated rings. The van der Waals surface area contributed by atoms with Crippen LogP contribution in [0.1, 0.15) is 66.8 Å². The van der Waals surface area contributed by atoms with E-state index in [1.54, 1.807) is 0 Å². The molecule has 0 aliphatic heterocycles. The van der Waals surface area contributed by atoms with Gasteiger partial charge in [0.2, 0.25) is 0 Å². The third kappa shape index (κ3) is 3.97. The SMILES string of the molecule is Cc1ccc(-c2cc3cc(C4CCC(C)(C)C4)ccc3c(-c3cc(C)cc4c3Cc3ccccc3-4)n2)cc1. The molecule has 0 spiro atoms. The summed E-state index contributed by atoms with van der Waals surface area (Å²) in [7, 11) is 0. The highest BCUT2D eigenvalue weighted by molar-refractivity contribution is 6.00. The second-order valence-corrected chi connectivity index (χ2v) is 12.5. The molecule has 0 radical (unpaired) electrons. The molecule has 1 nitrogen and oxygen atoms in total. The molecule has 1 atom stereocenters. The lowest BCUT2D eigenvalue weighted by atomic mass is 9.87. The third-order valence-corrected chi connectivity index (χ3v) is 8.97. The molecule has 0 amide bonds. The average Bonchev–Trinajstić information content (AvgIpc) is 3.47. The highest BCUT2D eigenvalue weighted by Gasteiger charge is 2.32. The molecular formula is C37H35N. The fourth-order valence-electron chi connectivity index (χ4n) is 6.91. The van der Waals surface area contributed by atoms with Crippen molar-refractivity contribution in [3.05, 3.63) is 113 Å². The average molecular weight is 494 g/mol. The Hall–Kier alpha value is -3.71. The van der Waals surface area contributed by atoms with Gasteiger partial charge in [0.05, 0.1) is 11.4 Å². The molecule has 1 heterocycles. The van der Waals surface area contributed by atoms with Crippen LogP contribution in [0.4, 0.5) is 0 Å². The van der Waals surface area contributed by atoms with Crippen molar-refractivity contribution in [1.29, 1.82) is 0 Å². The van der Waals surface area contributed by atoms with Gasteiger partial charge in [-0.25, -0.2) is 4.98 Å². The van der Waals surface area contributed by atoms with Crippen LogP contribution in [0.3, 0.4) is 0 Å². The molecular weight excluding hydrogens is 458 g/mol. The first-order valence-electron chi connectivity index (χ1n) is 14.1. The molecule has 1 saturated carbocycles. The Labute approximate surface area is 226 Å². The zero-order valence-electron chi connectivity index (χ0n) is 22.9. The summed E-state index contributed by atoms with van der Waals surface area (Å²) in [6.45, 7) is 9.20. The van der Waals surface area contributed by atoms with Crippen molar-refractivity contribution in [2.75, 3.05) is 0 Å². The van der Waals surface area contributed by atoms with Gasteiger partial charge in [-0.05, 0) is 102 Å². The Balaban J connectivity index is 1.45. The van der Waals surface area contributed by atoms with Crippen LogP contribution in [0.2, 0.25) is 0 Å². The molecule has 1 unspecified atom stereocenters. The van der Waals surface area contributed by atoms with Crippen molar-refractivity contribution in [3.63, 3.8) is 0 Å². The first-order chi connectivity index (χ1) is 18.3. The zero-order chi connectivity index (χ0) is 26.0. The molecule has 0 saturated heterocycles. The van der Waals surface area contributed by atoms with Crippen LogP contribution in [-0.2, 0) is 6.42 Å². The molecule has 7 rings (SSSR count). The van der Waals surface area contributed by atoms with Gasteiger partial charge in [-0.2, -0.15) is 0 Å². The summed E-state index contributed by atoms with van der Waals surface area (Å²) >= 11 is 0. The Morgan fingerprint density at radius 2 is 1.55 bits per heavy atom. The molecule has 5 aromatic rings. The standard InChI is InChI=1S/C37H35N/c1-23-9-11-25(12-10-23)35-21-29-19-26(28-15-16-37(3,4)22-28)13-14-31(29)36(38-35)34-18-24(2)17-32-30-8-6-5-7-27(30)20-33(32)34/h5-14,17-19,21,28H,15-16,20,22H2,1-4H3. The van der Waals surface area contributed by atoms with Crippen molar-refractivity contribution in [2.24, 2.45) is 5.41 Å². The van der Waals surface area contributed by atoms with Gasteiger partial charge in [0, 0.05) is 16.5 Å². The molecule has 188 valence electrons. The first-order valence-corrected chi connectivity index (χ1v) is 14.1. The first kappa shape index (κ1) is 23.4. The smallest absolute Gasteiger partial charge is 0.0791 e. The van der Waals surface area contributed by atoms with Crippen molar-refractivity contribution >= 4 is 10.8 Å². The Morgan fingerprint density at radius 3 is 2.34 bits per heavy atom. The number of hydrogen-bond donors (Lipinski definition) is 0. The van der Waals surface area contributed by atoms with E-state index in [2.05, 4.69) is 113 Å². The van der Waals surface area contributed by atoms with E-state index in [-0.39, 0.29) is 0 Å². The van der Waals surface area contributed by atoms with Crippen LogP contribution in [0, 0.1) is 19.3 Å². The number of aromatic nitrogens is 1. The second kappa shape index (κ2) is 8.67. The number of rotatable bonds is 3. The molecule has 2 aliphatic carbocycles. The Kier molecular flexibility index (Phi) is 5.34. The summed E-state index contributed by atoms with van der Waals surface area (Å²) in [5.41, 5.74) is 14.7. The van der Waals surface area contributed by atoms with E-state index in [0.29, 0.717) is 11.3 Å². The third-order valence-electron chi connectivity index (χ3n) is 8.97. The number of nitrogens with zero attached hydrogens (tertiary/aromatic N) is 1. The number of hydrogen-bond acceptors (Lipinski definition) is 1. The van der Waals surface area contributed by atoms with Gasteiger partial charge in [0.15, 0.2) is 0 Å². The normalized spacial score (nSPS) is 17.5. The largest absolute Gasteiger partial charge is 0.247 e. The van der Waals surface area contributed by atoms with Gasteiger partial charge in [-0.15, -0.1) is 0 Å². The molecule has 2 aliphatic rings. The molecule has 38 heavy (non-hydrogen) atoms. The van der Waals surface area contributed by atoms with E-state index in [4.69, 9.17) is 4.98 Å². The van der Waals surface area contributed by atoms with Crippen molar-refractivity contribution in [1.82, 2.24) is 4.98 Å². The Morgan fingerprint density at radius 1 is 0.763 bits per heavy atom. The predicted molar refractivity (Wildman–Crippen MR) is 161 cm³/mol. The van der Waals surface area contributed by atoms with Gasteiger partial charge in [0.1, 0.15) is 0 Å². The number of fused-ring (bicyclic) bond motifs is 4. The highest BCUT2D eigenvalue weighted by Crippen LogP contribution is 2.48. The van der Waals surface area contributed by atoms with Crippen LogP contribution in [0.5, 0.6) is 0 Å². The van der Waals surface area contributed by atoms with Gasteiger partial charge in [0.25, 0.3) is 0 Å². The highest BCUT2D eigenvalue weighted by atomic mass is 14.7. The van der Waals surface area contributed by atoms with E-state index in [9.17, 15) is 0 Å². The van der Waals surface area contributed by atoms with Gasteiger partial charge in [-0.1, -0.05) is 92.2 Å². The van der Waals surface area contributed by atoms with Crippen LogP contribution >= 0.6 is 0 Å². The molecule has 4 aromatic carbocycles. The summed E-state index contributed by atoms with van der Waals surface area (Å²) in [4.78, 5) is 5.40. The number of pyridine rings is 1. The van der Waals surface area contributed by atoms with Gasteiger partial charge in [-0.3, -0.25) is 0 Å². The fourth-order valence-corrected chi connectivity index (χ4v) is 6.91. The van der Waals surface area contributed by atoms with Gasteiger partial charge < -0.3 is 0 Å². The lowest BCUT2D eigenvalue weighted by Crippen LogP contribution is -2.04. The summed E-state index contributed by atoms with van der Waals surface area (Å²) < 4.78 is 0. The maximum absolute atomic E-state index is 5.40. The molecule has 1 aromatic heterocycles. The summed E-state index contributed by atoms with van der Waals surface area (Å²) in [6.07, 6.45) is 4.83. The second-order valence-electron chi connectivity index (χ2n) is 12.5. The minimum absolute atomic E-state index is 0.438.